The van der Waals surface area contributed by atoms with E-state index in [0.29, 0.717) is 36.7 Å². The lowest BCUT2D eigenvalue weighted by molar-refractivity contribution is 0.0518. The largest absolute Gasteiger partial charge is 0.493 e. The fraction of sp³-hybridized carbons (Fsp3) is 0.500. The minimum Gasteiger partial charge on any atom is -0.493 e. The standard InChI is InChI=1S/C16H22N2O4/c1-4-21-15(19)13-11-17-14-10-12(6-8-18(13)14)22-9-5-7-16(2,3)20/h6,8,10-11,20H,4-5,7,9H2,1-3H3. The second-order valence-corrected chi connectivity index (χ2v) is 5.72. The van der Waals surface area contributed by atoms with E-state index < -0.39 is 11.6 Å². The highest BCUT2D eigenvalue weighted by molar-refractivity contribution is 5.88. The van der Waals surface area contributed by atoms with E-state index in [0.717, 1.165) is 6.42 Å². The first-order chi connectivity index (χ1) is 10.4. The summed E-state index contributed by atoms with van der Waals surface area (Å²) in [5.41, 5.74) is 0.346. The number of esters is 1. The zero-order valence-corrected chi connectivity index (χ0v) is 13.2. The van der Waals surface area contributed by atoms with Crippen molar-refractivity contribution in [2.45, 2.75) is 39.2 Å². The second-order valence-electron chi connectivity index (χ2n) is 5.72. The predicted molar refractivity (Wildman–Crippen MR) is 82.2 cm³/mol. The summed E-state index contributed by atoms with van der Waals surface area (Å²) in [6.07, 6.45) is 4.66. The Labute approximate surface area is 129 Å². The van der Waals surface area contributed by atoms with Gasteiger partial charge in [0, 0.05) is 12.3 Å². The first-order valence-electron chi connectivity index (χ1n) is 7.40. The molecular formula is C16H22N2O4. The van der Waals surface area contributed by atoms with E-state index in [1.165, 1.54) is 6.20 Å². The number of pyridine rings is 1. The Morgan fingerprint density at radius 3 is 2.91 bits per heavy atom. The van der Waals surface area contributed by atoms with Crippen LogP contribution in [0.4, 0.5) is 0 Å². The summed E-state index contributed by atoms with van der Waals surface area (Å²) < 4.78 is 12.3. The number of fused-ring (bicyclic) bond motifs is 1. The van der Waals surface area contributed by atoms with Crippen LogP contribution < -0.4 is 4.74 Å². The molecule has 2 rings (SSSR count). The van der Waals surface area contributed by atoms with Gasteiger partial charge in [-0.2, -0.15) is 0 Å². The van der Waals surface area contributed by atoms with Crippen molar-refractivity contribution in [2.75, 3.05) is 13.2 Å². The number of rotatable bonds is 7. The number of imidazole rings is 1. The van der Waals surface area contributed by atoms with Crippen molar-refractivity contribution in [3.8, 4) is 5.75 Å². The second kappa shape index (κ2) is 6.79. The van der Waals surface area contributed by atoms with Gasteiger partial charge < -0.3 is 14.6 Å². The van der Waals surface area contributed by atoms with Gasteiger partial charge in [0.2, 0.25) is 0 Å². The van der Waals surface area contributed by atoms with Crippen LogP contribution in [0, 0.1) is 0 Å². The molecule has 120 valence electrons. The molecule has 2 heterocycles. The van der Waals surface area contributed by atoms with Gasteiger partial charge in [-0.15, -0.1) is 0 Å². The topological polar surface area (TPSA) is 73.1 Å². The Hall–Kier alpha value is -2.08. The van der Waals surface area contributed by atoms with Crippen LogP contribution in [0.5, 0.6) is 5.75 Å². The number of carbonyl (C=O) groups excluding carboxylic acids is 1. The lowest BCUT2D eigenvalue weighted by Gasteiger charge is -2.16. The molecule has 0 bridgehead atoms. The Bertz CT molecular complexity index is 643. The van der Waals surface area contributed by atoms with E-state index in [4.69, 9.17) is 9.47 Å². The normalized spacial score (nSPS) is 11.6. The molecular weight excluding hydrogens is 284 g/mol. The van der Waals surface area contributed by atoms with Crippen molar-refractivity contribution >= 4 is 11.6 Å². The van der Waals surface area contributed by atoms with Gasteiger partial charge in [0.25, 0.3) is 0 Å². The van der Waals surface area contributed by atoms with Crippen molar-refractivity contribution in [3.05, 3.63) is 30.2 Å². The van der Waals surface area contributed by atoms with Crippen molar-refractivity contribution in [1.82, 2.24) is 9.38 Å². The van der Waals surface area contributed by atoms with Crippen LogP contribution in [-0.2, 0) is 4.74 Å². The lowest BCUT2D eigenvalue weighted by atomic mass is 10.0. The smallest absolute Gasteiger partial charge is 0.356 e. The summed E-state index contributed by atoms with van der Waals surface area (Å²) in [6, 6.07) is 3.55. The minimum atomic E-state index is -0.676. The fourth-order valence-corrected chi connectivity index (χ4v) is 2.10. The minimum absolute atomic E-state index is 0.328. The Morgan fingerprint density at radius 2 is 2.23 bits per heavy atom. The lowest BCUT2D eigenvalue weighted by Crippen LogP contribution is -2.19. The molecule has 0 fully saturated rings. The molecule has 0 aliphatic heterocycles. The van der Waals surface area contributed by atoms with E-state index in [9.17, 15) is 9.90 Å². The van der Waals surface area contributed by atoms with E-state index >= 15 is 0 Å². The van der Waals surface area contributed by atoms with Crippen molar-refractivity contribution < 1.29 is 19.4 Å². The number of nitrogens with zero attached hydrogens (tertiary/aromatic N) is 2. The molecule has 6 nitrogen and oxygen atoms in total. The number of carbonyl (C=O) groups is 1. The van der Waals surface area contributed by atoms with E-state index in [2.05, 4.69) is 4.98 Å². The molecule has 2 aromatic rings. The highest BCUT2D eigenvalue weighted by Crippen LogP contribution is 2.17. The molecule has 2 aromatic heterocycles. The number of hydrogen-bond acceptors (Lipinski definition) is 5. The number of ether oxygens (including phenoxy) is 2. The molecule has 0 atom stereocenters. The maximum Gasteiger partial charge on any atom is 0.356 e. The number of aliphatic hydroxyl groups is 1. The highest BCUT2D eigenvalue weighted by atomic mass is 16.5. The molecule has 0 saturated carbocycles. The zero-order valence-electron chi connectivity index (χ0n) is 13.2. The third kappa shape index (κ3) is 4.21. The Balaban J connectivity index is 2.01. The quantitative estimate of drug-likeness (QED) is 0.628. The molecule has 22 heavy (non-hydrogen) atoms. The summed E-state index contributed by atoms with van der Waals surface area (Å²) in [7, 11) is 0. The molecule has 1 N–H and O–H groups in total. The molecule has 6 heteroatoms. The first-order valence-corrected chi connectivity index (χ1v) is 7.40. The third-order valence-electron chi connectivity index (χ3n) is 3.17. The van der Waals surface area contributed by atoms with Crippen LogP contribution in [0.15, 0.2) is 24.5 Å². The van der Waals surface area contributed by atoms with Crippen LogP contribution >= 0.6 is 0 Å². The highest BCUT2D eigenvalue weighted by Gasteiger charge is 2.14. The Kier molecular flexibility index (Phi) is 5.03. The molecule has 0 unspecified atom stereocenters. The van der Waals surface area contributed by atoms with Gasteiger partial charge in [-0.05, 0) is 39.7 Å². The van der Waals surface area contributed by atoms with Crippen molar-refractivity contribution in [3.63, 3.8) is 0 Å². The molecule has 0 aromatic carbocycles. The summed E-state index contributed by atoms with van der Waals surface area (Å²) in [4.78, 5) is 16.0. The van der Waals surface area contributed by atoms with Crippen molar-refractivity contribution in [1.29, 1.82) is 0 Å². The molecule has 0 radical (unpaired) electrons. The van der Waals surface area contributed by atoms with Gasteiger partial charge in [-0.1, -0.05) is 0 Å². The monoisotopic (exact) mass is 306 g/mol. The average molecular weight is 306 g/mol. The summed E-state index contributed by atoms with van der Waals surface area (Å²) in [5.74, 6) is 0.290. The molecule has 0 aliphatic rings. The van der Waals surface area contributed by atoms with Gasteiger partial charge in [0.05, 0.1) is 25.0 Å². The van der Waals surface area contributed by atoms with Gasteiger partial charge >= 0.3 is 5.97 Å². The van der Waals surface area contributed by atoms with Gasteiger partial charge in [-0.3, -0.25) is 4.40 Å². The van der Waals surface area contributed by atoms with Crippen LogP contribution in [-0.4, -0.2) is 39.3 Å². The van der Waals surface area contributed by atoms with Crippen LogP contribution in [0.1, 0.15) is 44.1 Å². The third-order valence-corrected chi connectivity index (χ3v) is 3.17. The molecule has 0 saturated heterocycles. The van der Waals surface area contributed by atoms with Gasteiger partial charge in [-0.25, -0.2) is 9.78 Å². The van der Waals surface area contributed by atoms with Gasteiger partial charge in [0.15, 0.2) is 5.69 Å². The van der Waals surface area contributed by atoms with Crippen LogP contribution in [0.25, 0.3) is 5.65 Å². The summed E-state index contributed by atoms with van der Waals surface area (Å²) in [6.45, 7) is 6.17. The van der Waals surface area contributed by atoms with Crippen LogP contribution in [0.3, 0.4) is 0 Å². The van der Waals surface area contributed by atoms with Crippen LogP contribution in [0.2, 0.25) is 0 Å². The molecule has 0 aliphatic carbocycles. The maximum absolute atomic E-state index is 11.8. The van der Waals surface area contributed by atoms with E-state index in [1.807, 2.05) is 0 Å². The first kappa shape index (κ1) is 16.3. The average Bonchev–Trinajstić information content (AvgIpc) is 2.86. The summed E-state index contributed by atoms with van der Waals surface area (Å²) in [5, 5.41) is 9.64. The fourth-order valence-electron chi connectivity index (χ4n) is 2.10. The van der Waals surface area contributed by atoms with E-state index in [1.54, 1.807) is 43.5 Å². The molecule has 0 amide bonds. The van der Waals surface area contributed by atoms with Crippen molar-refractivity contribution in [2.24, 2.45) is 0 Å². The number of hydrogen-bond donors (Lipinski definition) is 1. The van der Waals surface area contributed by atoms with Gasteiger partial charge in [0.1, 0.15) is 11.4 Å². The predicted octanol–water partition coefficient (Wildman–Crippen LogP) is 2.44. The SMILES string of the molecule is CCOC(=O)c1cnc2cc(OCCCC(C)(C)O)ccn12. The molecule has 0 spiro atoms. The number of aromatic nitrogens is 2. The van der Waals surface area contributed by atoms with E-state index in [-0.39, 0.29) is 0 Å². The summed E-state index contributed by atoms with van der Waals surface area (Å²) >= 11 is 0. The zero-order chi connectivity index (χ0) is 16.2. The maximum atomic E-state index is 11.8. The Morgan fingerprint density at radius 1 is 1.45 bits per heavy atom.